The fraction of sp³-hybridized carbons (Fsp3) is 0.240. The smallest absolute Gasteiger partial charge is 0.324 e. The van der Waals surface area contributed by atoms with Crippen LogP contribution in [-0.4, -0.2) is 29.3 Å². The summed E-state index contributed by atoms with van der Waals surface area (Å²) in [6, 6.07) is 20.4. The van der Waals surface area contributed by atoms with E-state index in [1.165, 1.54) is 0 Å². The SMILES string of the molecule is CC(C)c1ccccc1NC(=O)CN1C(=O)NC(C)(c2ccc3ccccc3c2)C1=O. The van der Waals surface area contributed by atoms with Gasteiger partial charge in [-0.25, -0.2) is 4.79 Å². The molecular formula is C25H25N3O3. The van der Waals surface area contributed by atoms with Crippen LogP contribution in [-0.2, 0) is 15.1 Å². The molecule has 1 fully saturated rings. The number of carbonyl (C=O) groups excluding carboxylic acids is 3. The molecule has 158 valence electrons. The van der Waals surface area contributed by atoms with E-state index in [1.54, 1.807) is 6.92 Å². The fourth-order valence-electron chi connectivity index (χ4n) is 3.98. The standard InChI is InChI=1S/C25H25N3O3/c1-16(2)20-10-6-7-11-21(20)26-22(29)15-28-23(30)25(3,27-24(28)31)19-13-12-17-8-4-5-9-18(17)14-19/h4-14,16H,15H2,1-3H3,(H,26,29)(H,27,31). The highest BCUT2D eigenvalue weighted by Crippen LogP contribution is 2.31. The quantitative estimate of drug-likeness (QED) is 0.608. The average molecular weight is 415 g/mol. The van der Waals surface area contributed by atoms with E-state index in [9.17, 15) is 14.4 Å². The monoisotopic (exact) mass is 415 g/mol. The summed E-state index contributed by atoms with van der Waals surface area (Å²) in [6.45, 7) is 5.40. The number of hydrogen-bond acceptors (Lipinski definition) is 3. The van der Waals surface area contributed by atoms with Crippen molar-refractivity contribution in [3.05, 3.63) is 77.9 Å². The first kappa shape index (κ1) is 20.6. The van der Waals surface area contributed by atoms with Crippen molar-refractivity contribution in [2.75, 3.05) is 11.9 Å². The Morgan fingerprint density at radius 2 is 1.68 bits per heavy atom. The Bertz CT molecular complexity index is 1190. The van der Waals surface area contributed by atoms with E-state index < -0.39 is 23.4 Å². The summed E-state index contributed by atoms with van der Waals surface area (Å²) < 4.78 is 0. The summed E-state index contributed by atoms with van der Waals surface area (Å²) in [4.78, 5) is 39.5. The molecule has 0 bridgehead atoms. The van der Waals surface area contributed by atoms with Gasteiger partial charge in [-0.2, -0.15) is 0 Å². The van der Waals surface area contributed by atoms with Crippen LogP contribution in [0.15, 0.2) is 66.7 Å². The maximum absolute atomic E-state index is 13.2. The van der Waals surface area contributed by atoms with Crippen molar-refractivity contribution in [1.82, 2.24) is 10.2 Å². The highest BCUT2D eigenvalue weighted by molar-refractivity contribution is 6.10. The lowest BCUT2D eigenvalue weighted by Crippen LogP contribution is -2.42. The number of carbonyl (C=O) groups is 3. The van der Waals surface area contributed by atoms with Gasteiger partial charge < -0.3 is 10.6 Å². The Kier molecular flexibility index (Phi) is 5.23. The van der Waals surface area contributed by atoms with Gasteiger partial charge in [0.25, 0.3) is 5.91 Å². The van der Waals surface area contributed by atoms with Crippen LogP contribution in [0.2, 0.25) is 0 Å². The number of imide groups is 1. The molecule has 0 spiro atoms. The Labute approximate surface area is 181 Å². The fourth-order valence-corrected chi connectivity index (χ4v) is 3.98. The molecule has 1 unspecified atom stereocenters. The van der Waals surface area contributed by atoms with E-state index in [-0.39, 0.29) is 12.5 Å². The number of hydrogen-bond donors (Lipinski definition) is 2. The van der Waals surface area contributed by atoms with Gasteiger partial charge in [0.15, 0.2) is 0 Å². The van der Waals surface area contributed by atoms with Crippen LogP contribution < -0.4 is 10.6 Å². The molecule has 1 aliphatic rings. The molecule has 0 radical (unpaired) electrons. The van der Waals surface area contributed by atoms with Gasteiger partial charge in [0.2, 0.25) is 5.91 Å². The number of urea groups is 1. The molecule has 1 saturated heterocycles. The van der Waals surface area contributed by atoms with Crippen LogP contribution in [0.5, 0.6) is 0 Å². The third-order valence-corrected chi connectivity index (χ3v) is 5.76. The molecule has 6 heteroatoms. The first-order valence-corrected chi connectivity index (χ1v) is 10.3. The van der Waals surface area contributed by atoms with Gasteiger partial charge in [-0.05, 0) is 46.9 Å². The molecule has 31 heavy (non-hydrogen) atoms. The van der Waals surface area contributed by atoms with E-state index in [0.717, 1.165) is 21.2 Å². The van der Waals surface area contributed by atoms with Gasteiger partial charge >= 0.3 is 6.03 Å². The molecule has 6 nitrogen and oxygen atoms in total. The van der Waals surface area contributed by atoms with Crippen LogP contribution in [0.3, 0.4) is 0 Å². The number of rotatable bonds is 5. The van der Waals surface area contributed by atoms with Crippen LogP contribution in [0.25, 0.3) is 10.8 Å². The Morgan fingerprint density at radius 3 is 2.42 bits per heavy atom. The van der Waals surface area contributed by atoms with Crippen LogP contribution in [0, 0.1) is 0 Å². The Hall–Kier alpha value is -3.67. The van der Waals surface area contributed by atoms with Gasteiger partial charge in [0.05, 0.1) is 0 Å². The normalized spacial score (nSPS) is 18.5. The summed E-state index contributed by atoms with van der Waals surface area (Å²) in [6.07, 6.45) is 0. The lowest BCUT2D eigenvalue weighted by Gasteiger charge is -2.22. The molecule has 3 aromatic rings. The summed E-state index contributed by atoms with van der Waals surface area (Å²) >= 11 is 0. The molecule has 2 N–H and O–H groups in total. The van der Waals surface area contributed by atoms with E-state index in [1.807, 2.05) is 80.6 Å². The third-order valence-electron chi connectivity index (χ3n) is 5.76. The predicted octanol–water partition coefficient (Wildman–Crippen LogP) is 4.37. The minimum absolute atomic E-state index is 0.226. The molecule has 4 amide bonds. The lowest BCUT2D eigenvalue weighted by molar-refractivity contribution is -0.133. The molecule has 1 aliphatic heterocycles. The molecular weight excluding hydrogens is 390 g/mol. The maximum Gasteiger partial charge on any atom is 0.325 e. The summed E-state index contributed by atoms with van der Waals surface area (Å²) in [7, 11) is 0. The van der Waals surface area contributed by atoms with E-state index in [2.05, 4.69) is 10.6 Å². The predicted molar refractivity (Wildman–Crippen MR) is 121 cm³/mol. The third kappa shape index (κ3) is 3.77. The van der Waals surface area contributed by atoms with Crippen molar-refractivity contribution in [2.45, 2.75) is 32.2 Å². The van der Waals surface area contributed by atoms with Gasteiger partial charge in [-0.1, -0.05) is 68.4 Å². The lowest BCUT2D eigenvalue weighted by atomic mass is 9.90. The molecule has 0 aliphatic carbocycles. The van der Waals surface area contributed by atoms with Gasteiger partial charge in [0, 0.05) is 5.69 Å². The second-order valence-electron chi connectivity index (χ2n) is 8.30. The number of amides is 4. The van der Waals surface area contributed by atoms with Crippen molar-refractivity contribution in [3.63, 3.8) is 0 Å². The molecule has 1 heterocycles. The number of anilines is 1. The van der Waals surface area contributed by atoms with Crippen molar-refractivity contribution < 1.29 is 14.4 Å². The zero-order valence-electron chi connectivity index (χ0n) is 17.8. The number of para-hydroxylation sites is 1. The van der Waals surface area contributed by atoms with Crippen LogP contribution in [0.4, 0.5) is 10.5 Å². The number of benzene rings is 3. The second kappa shape index (κ2) is 7.87. The van der Waals surface area contributed by atoms with E-state index in [4.69, 9.17) is 0 Å². The summed E-state index contributed by atoms with van der Waals surface area (Å²) in [5, 5.41) is 7.63. The van der Waals surface area contributed by atoms with Gasteiger partial charge in [0.1, 0.15) is 12.1 Å². The van der Waals surface area contributed by atoms with Crippen LogP contribution >= 0.6 is 0 Å². The Balaban J connectivity index is 1.54. The average Bonchev–Trinajstić information content (AvgIpc) is 2.97. The molecule has 1 atom stereocenters. The van der Waals surface area contributed by atoms with E-state index >= 15 is 0 Å². The molecule has 0 saturated carbocycles. The highest BCUT2D eigenvalue weighted by Gasteiger charge is 2.49. The minimum Gasteiger partial charge on any atom is -0.324 e. The van der Waals surface area contributed by atoms with E-state index in [0.29, 0.717) is 11.3 Å². The minimum atomic E-state index is -1.22. The number of fused-ring (bicyclic) bond motifs is 1. The summed E-state index contributed by atoms with van der Waals surface area (Å²) in [5.74, 6) is -0.635. The number of nitrogens with zero attached hydrogens (tertiary/aromatic N) is 1. The largest absolute Gasteiger partial charge is 0.325 e. The Morgan fingerprint density at radius 1 is 1.00 bits per heavy atom. The molecule has 3 aromatic carbocycles. The van der Waals surface area contributed by atoms with Crippen molar-refractivity contribution in [1.29, 1.82) is 0 Å². The van der Waals surface area contributed by atoms with Crippen molar-refractivity contribution in [3.8, 4) is 0 Å². The number of nitrogens with one attached hydrogen (secondary N) is 2. The zero-order chi connectivity index (χ0) is 22.2. The molecule has 0 aromatic heterocycles. The molecule has 4 rings (SSSR count). The highest BCUT2D eigenvalue weighted by atomic mass is 16.2. The first-order valence-electron chi connectivity index (χ1n) is 10.3. The van der Waals surface area contributed by atoms with Crippen molar-refractivity contribution >= 4 is 34.3 Å². The van der Waals surface area contributed by atoms with Crippen LogP contribution in [0.1, 0.15) is 37.8 Å². The zero-order valence-corrected chi connectivity index (χ0v) is 17.8. The van der Waals surface area contributed by atoms with Crippen molar-refractivity contribution in [2.24, 2.45) is 0 Å². The van der Waals surface area contributed by atoms with Gasteiger partial charge in [-0.3, -0.25) is 14.5 Å². The van der Waals surface area contributed by atoms with Gasteiger partial charge in [-0.15, -0.1) is 0 Å². The second-order valence-corrected chi connectivity index (χ2v) is 8.30. The topological polar surface area (TPSA) is 78.5 Å². The summed E-state index contributed by atoms with van der Waals surface area (Å²) in [5.41, 5.74) is 1.13. The first-order chi connectivity index (χ1) is 14.8. The maximum atomic E-state index is 13.2.